The van der Waals surface area contributed by atoms with E-state index in [4.69, 9.17) is 11.6 Å². The predicted octanol–water partition coefficient (Wildman–Crippen LogP) is 5.01. The van der Waals surface area contributed by atoms with Gasteiger partial charge in [0.1, 0.15) is 5.82 Å². The summed E-state index contributed by atoms with van der Waals surface area (Å²) in [5.41, 5.74) is 2.53. The molecule has 5 nitrogen and oxygen atoms in total. The van der Waals surface area contributed by atoms with E-state index >= 15 is 0 Å². The maximum Gasteiger partial charge on any atom is 0.432 e. The van der Waals surface area contributed by atoms with Crippen molar-refractivity contribution in [2.24, 2.45) is 5.92 Å². The van der Waals surface area contributed by atoms with Gasteiger partial charge < -0.3 is 5.32 Å². The number of quaternary nitrogens is 1. The van der Waals surface area contributed by atoms with Crippen molar-refractivity contribution in [3.05, 3.63) is 53.3 Å². The molecule has 0 spiro atoms. The van der Waals surface area contributed by atoms with Crippen LogP contribution in [0.4, 0.5) is 22.0 Å². The summed E-state index contributed by atoms with van der Waals surface area (Å²) in [5.74, 6) is 1.62. The van der Waals surface area contributed by atoms with Gasteiger partial charge in [0.2, 0.25) is 5.16 Å². The summed E-state index contributed by atoms with van der Waals surface area (Å²) in [6.07, 6.45) is 6.14. The highest BCUT2D eigenvalue weighted by atomic mass is 35.5. The Labute approximate surface area is 158 Å². The van der Waals surface area contributed by atoms with Gasteiger partial charge in [0.15, 0.2) is 5.69 Å². The molecule has 26 heavy (non-hydrogen) atoms. The lowest BCUT2D eigenvalue weighted by atomic mass is 10.2. The fourth-order valence-electron chi connectivity index (χ4n) is 3.34. The fourth-order valence-corrected chi connectivity index (χ4v) is 3.75. The molecule has 1 aliphatic carbocycles. The Morgan fingerprint density at radius 2 is 2.08 bits per heavy atom. The number of carbonyl (C=O) groups excluding carboxylic acids is 1. The first-order valence-corrected chi connectivity index (χ1v) is 9.38. The van der Waals surface area contributed by atoms with E-state index in [9.17, 15) is 4.79 Å². The molecule has 4 rings (SSSR count). The van der Waals surface area contributed by atoms with Crippen molar-refractivity contribution >= 4 is 40.9 Å². The number of para-hydroxylation sites is 1. The first kappa shape index (κ1) is 17.1. The van der Waals surface area contributed by atoms with Gasteiger partial charge in [-0.1, -0.05) is 12.1 Å². The lowest BCUT2D eigenvalue weighted by molar-refractivity contribution is 0.230. The van der Waals surface area contributed by atoms with Gasteiger partial charge in [-0.05, 0) is 55.5 Å². The van der Waals surface area contributed by atoms with Crippen LogP contribution in [0.2, 0.25) is 0 Å². The third-order valence-corrected chi connectivity index (χ3v) is 5.49. The fraction of sp³-hybridized carbons (Fsp3) is 0.300. The van der Waals surface area contributed by atoms with Crippen molar-refractivity contribution in [3.8, 4) is 0 Å². The number of pyridine rings is 1. The number of aromatic nitrogens is 1. The number of nitrogens with one attached hydrogen (secondary N) is 2. The molecule has 6 heteroatoms. The molecule has 1 atom stereocenters. The average Bonchev–Trinajstić information content (AvgIpc) is 3.43. The first-order valence-electron chi connectivity index (χ1n) is 9.00. The molecule has 2 heterocycles. The Kier molecular flexibility index (Phi) is 4.42. The lowest BCUT2D eigenvalue weighted by Gasteiger charge is -2.30. The molecule has 1 saturated carbocycles. The monoisotopic (exact) mass is 369 g/mol. The van der Waals surface area contributed by atoms with Gasteiger partial charge in [0.25, 0.3) is 0 Å². The summed E-state index contributed by atoms with van der Waals surface area (Å²) in [6, 6.07) is 11.4. The second kappa shape index (κ2) is 6.74. The summed E-state index contributed by atoms with van der Waals surface area (Å²) < 4.78 is -0.0284. The maximum absolute atomic E-state index is 13.1. The van der Waals surface area contributed by atoms with Crippen LogP contribution in [0.25, 0.3) is 6.08 Å². The van der Waals surface area contributed by atoms with Crippen LogP contribution in [0.5, 0.6) is 0 Å². The van der Waals surface area contributed by atoms with E-state index in [-0.39, 0.29) is 10.5 Å². The van der Waals surface area contributed by atoms with Crippen LogP contribution >= 0.6 is 11.6 Å². The van der Waals surface area contributed by atoms with E-state index in [2.05, 4.69) is 15.6 Å². The van der Waals surface area contributed by atoms with Crippen molar-refractivity contribution in [3.63, 3.8) is 0 Å². The number of amides is 2. The molecule has 0 unspecified atom stereocenters. The van der Waals surface area contributed by atoms with Crippen LogP contribution in [-0.2, 0) is 0 Å². The van der Waals surface area contributed by atoms with Crippen LogP contribution < -0.4 is 15.1 Å². The zero-order chi connectivity index (χ0) is 18.1. The second-order valence-electron chi connectivity index (χ2n) is 6.84. The molecular weight excluding hydrogens is 348 g/mol. The van der Waals surface area contributed by atoms with Gasteiger partial charge >= 0.3 is 6.03 Å². The van der Waals surface area contributed by atoms with Crippen LogP contribution in [0.3, 0.4) is 0 Å². The normalized spacial score (nSPS) is 21.1. The van der Waals surface area contributed by atoms with E-state index in [1.807, 2.05) is 49.4 Å². The Balaban J connectivity index is 1.52. The van der Waals surface area contributed by atoms with Gasteiger partial charge in [0.05, 0.1) is 18.4 Å². The third kappa shape index (κ3) is 2.97. The van der Waals surface area contributed by atoms with Crippen LogP contribution in [0, 0.1) is 5.92 Å². The third-order valence-electron chi connectivity index (χ3n) is 5.09. The average molecular weight is 370 g/mol. The molecule has 2 aliphatic rings. The number of anilines is 2. The number of hydrogen-bond donors (Lipinski definition) is 2. The number of urea groups is 1. The Bertz CT molecular complexity index is 860. The number of fused-ring (bicyclic) bond motifs is 1. The van der Waals surface area contributed by atoms with E-state index in [0.717, 1.165) is 29.5 Å². The van der Waals surface area contributed by atoms with Crippen LogP contribution in [0.1, 0.15) is 25.3 Å². The summed E-state index contributed by atoms with van der Waals surface area (Å²) in [4.78, 5) is 17.5. The molecule has 0 saturated heterocycles. The minimum Gasteiger partial charge on any atom is -0.370 e. The van der Waals surface area contributed by atoms with E-state index in [0.29, 0.717) is 17.4 Å². The largest absolute Gasteiger partial charge is 0.432 e. The summed E-state index contributed by atoms with van der Waals surface area (Å²) in [5, 5.41) is 6.79. The zero-order valence-corrected chi connectivity index (χ0v) is 15.5. The van der Waals surface area contributed by atoms with E-state index in [1.54, 1.807) is 6.20 Å². The smallest absolute Gasteiger partial charge is 0.370 e. The van der Waals surface area contributed by atoms with E-state index in [1.165, 1.54) is 12.8 Å². The zero-order valence-electron chi connectivity index (χ0n) is 14.7. The molecule has 0 radical (unpaired) electrons. The van der Waals surface area contributed by atoms with Crippen molar-refractivity contribution in [1.29, 1.82) is 0 Å². The molecule has 1 fully saturated rings. The Morgan fingerprint density at radius 3 is 2.77 bits per heavy atom. The van der Waals surface area contributed by atoms with Crippen molar-refractivity contribution < 1.29 is 4.79 Å². The van der Waals surface area contributed by atoms with E-state index < -0.39 is 0 Å². The Morgan fingerprint density at radius 1 is 1.27 bits per heavy atom. The second-order valence-corrected chi connectivity index (χ2v) is 7.23. The van der Waals surface area contributed by atoms with Gasteiger partial charge in [0, 0.05) is 24.3 Å². The number of hydrogen-bond acceptors (Lipinski definition) is 3. The molecule has 134 valence electrons. The van der Waals surface area contributed by atoms with Gasteiger partial charge in [-0.3, -0.25) is 5.32 Å². The first-order chi connectivity index (χ1) is 12.6. The minimum atomic E-state index is -0.181. The minimum absolute atomic E-state index is 0.0284. The topological polar surface area (TPSA) is 54.0 Å². The summed E-state index contributed by atoms with van der Waals surface area (Å²) >= 11 is 6.51. The summed E-state index contributed by atoms with van der Waals surface area (Å²) in [7, 11) is 0. The summed E-state index contributed by atoms with van der Waals surface area (Å²) in [6.45, 7) is 3.46. The van der Waals surface area contributed by atoms with Crippen LogP contribution in [-0.4, -0.2) is 24.1 Å². The van der Waals surface area contributed by atoms with Crippen molar-refractivity contribution in [1.82, 2.24) is 9.47 Å². The quantitative estimate of drug-likeness (QED) is 0.575. The highest BCUT2D eigenvalue weighted by Crippen LogP contribution is 2.42. The van der Waals surface area contributed by atoms with Gasteiger partial charge in [-0.2, -0.15) is 4.48 Å². The molecule has 2 amide bonds. The number of halogens is 1. The van der Waals surface area contributed by atoms with Crippen LogP contribution in [0.15, 0.2) is 47.8 Å². The van der Waals surface area contributed by atoms with Crippen molar-refractivity contribution in [2.75, 3.05) is 23.7 Å². The van der Waals surface area contributed by atoms with Crippen molar-refractivity contribution in [2.45, 2.75) is 19.8 Å². The SMILES string of the molecule is CC[N@+]1(C(=O)Nc2ccc(NCC3CC3)nc2)C(Cl)=Cc2ccccc21. The number of benzene rings is 1. The number of rotatable bonds is 5. The lowest BCUT2D eigenvalue weighted by Crippen LogP contribution is -2.53. The molecule has 1 aromatic carbocycles. The standard InChI is InChI=1S/C20H21ClN4O/c1-2-25(17-6-4-3-5-15(17)11-18(25)21)20(26)24-16-9-10-19(23-13-16)22-12-14-7-8-14/h3-6,9-11,13-14H,2,7-8,12H2,1H3,(H-,22,23,24,26)/p+1/t25-/m1/s1. The molecule has 2 aromatic rings. The van der Waals surface area contributed by atoms with Gasteiger partial charge in [-0.15, -0.1) is 0 Å². The molecule has 2 N–H and O–H groups in total. The van der Waals surface area contributed by atoms with Gasteiger partial charge in [-0.25, -0.2) is 9.78 Å². The molecular formula is C20H22ClN4O+. The highest BCUT2D eigenvalue weighted by Gasteiger charge is 2.47. The predicted molar refractivity (Wildman–Crippen MR) is 107 cm³/mol. The molecule has 1 aromatic heterocycles. The number of carbonyl (C=O) groups is 1. The Hall–Kier alpha value is -2.37. The molecule has 1 aliphatic heterocycles. The maximum atomic E-state index is 13.1. The number of nitrogens with zero attached hydrogens (tertiary/aromatic N) is 2. The highest BCUT2D eigenvalue weighted by molar-refractivity contribution is 6.36. The molecule has 0 bridgehead atoms.